The first-order chi connectivity index (χ1) is 8.22. The summed E-state index contributed by atoms with van der Waals surface area (Å²) < 4.78 is 5.41. The van der Waals surface area contributed by atoms with Gasteiger partial charge in [-0.3, -0.25) is 0 Å². The molecule has 0 atom stereocenters. The SMILES string of the molecule is COc1ccccc1N(C)C1CCC(N)CC1. The van der Waals surface area contributed by atoms with E-state index in [-0.39, 0.29) is 0 Å². The highest BCUT2D eigenvalue weighted by Crippen LogP contribution is 2.31. The first-order valence-corrected chi connectivity index (χ1v) is 6.34. The lowest BCUT2D eigenvalue weighted by Gasteiger charge is -2.35. The van der Waals surface area contributed by atoms with Crippen LogP contribution in [0.25, 0.3) is 0 Å². The van der Waals surface area contributed by atoms with E-state index in [1.54, 1.807) is 7.11 Å². The van der Waals surface area contributed by atoms with Crippen LogP contribution in [-0.2, 0) is 0 Å². The highest BCUT2D eigenvalue weighted by Gasteiger charge is 2.23. The van der Waals surface area contributed by atoms with Crippen molar-refractivity contribution in [1.82, 2.24) is 0 Å². The monoisotopic (exact) mass is 234 g/mol. The van der Waals surface area contributed by atoms with Gasteiger partial charge in [0.1, 0.15) is 5.75 Å². The van der Waals surface area contributed by atoms with E-state index in [1.165, 1.54) is 18.5 Å². The molecule has 0 heterocycles. The minimum Gasteiger partial charge on any atom is -0.495 e. The number of methoxy groups -OCH3 is 1. The Morgan fingerprint density at radius 1 is 1.18 bits per heavy atom. The van der Waals surface area contributed by atoms with Gasteiger partial charge in [0.25, 0.3) is 0 Å². The summed E-state index contributed by atoms with van der Waals surface area (Å²) in [7, 11) is 3.88. The Kier molecular flexibility index (Phi) is 3.89. The zero-order valence-electron chi connectivity index (χ0n) is 10.7. The first-order valence-electron chi connectivity index (χ1n) is 6.34. The van der Waals surface area contributed by atoms with Gasteiger partial charge in [0.2, 0.25) is 0 Å². The number of hydrogen-bond acceptors (Lipinski definition) is 3. The highest BCUT2D eigenvalue weighted by molar-refractivity contribution is 5.58. The van der Waals surface area contributed by atoms with Crippen LogP contribution < -0.4 is 15.4 Å². The largest absolute Gasteiger partial charge is 0.495 e. The standard InChI is InChI=1S/C14H22N2O/c1-16(12-9-7-11(15)8-10-12)13-5-3-4-6-14(13)17-2/h3-6,11-12H,7-10,15H2,1-2H3. The van der Waals surface area contributed by atoms with Crippen LogP contribution in [0.1, 0.15) is 25.7 Å². The van der Waals surface area contributed by atoms with Gasteiger partial charge in [-0.1, -0.05) is 12.1 Å². The molecule has 94 valence electrons. The molecule has 1 saturated carbocycles. The molecule has 3 nitrogen and oxygen atoms in total. The average Bonchev–Trinajstić information content (AvgIpc) is 2.39. The lowest BCUT2D eigenvalue weighted by molar-refractivity contribution is 0.378. The van der Waals surface area contributed by atoms with E-state index in [9.17, 15) is 0 Å². The molecule has 0 bridgehead atoms. The third-order valence-electron chi connectivity index (χ3n) is 3.75. The molecular weight excluding hydrogens is 212 g/mol. The molecule has 0 radical (unpaired) electrons. The number of anilines is 1. The molecule has 0 amide bonds. The molecule has 2 N–H and O–H groups in total. The van der Waals surface area contributed by atoms with Crippen molar-refractivity contribution in [3.05, 3.63) is 24.3 Å². The van der Waals surface area contributed by atoms with E-state index >= 15 is 0 Å². The van der Waals surface area contributed by atoms with Gasteiger partial charge in [-0.25, -0.2) is 0 Å². The molecule has 0 aliphatic heterocycles. The summed E-state index contributed by atoms with van der Waals surface area (Å²) in [5.74, 6) is 0.949. The van der Waals surface area contributed by atoms with Gasteiger partial charge in [-0.2, -0.15) is 0 Å². The molecule has 1 aliphatic carbocycles. The van der Waals surface area contributed by atoms with Gasteiger partial charge in [0.15, 0.2) is 0 Å². The third-order valence-corrected chi connectivity index (χ3v) is 3.75. The van der Waals surface area contributed by atoms with Crippen LogP contribution in [0.5, 0.6) is 5.75 Å². The maximum absolute atomic E-state index is 5.95. The average molecular weight is 234 g/mol. The van der Waals surface area contributed by atoms with E-state index in [2.05, 4.69) is 24.1 Å². The fraction of sp³-hybridized carbons (Fsp3) is 0.571. The van der Waals surface area contributed by atoms with Crippen LogP contribution in [0, 0.1) is 0 Å². The minimum absolute atomic E-state index is 0.400. The fourth-order valence-electron chi connectivity index (χ4n) is 2.61. The van der Waals surface area contributed by atoms with Crippen molar-refractivity contribution in [2.24, 2.45) is 5.73 Å². The summed E-state index contributed by atoms with van der Waals surface area (Å²) in [5, 5.41) is 0. The quantitative estimate of drug-likeness (QED) is 0.872. The zero-order chi connectivity index (χ0) is 12.3. The second kappa shape index (κ2) is 5.41. The first kappa shape index (κ1) is 12.2. The van der Waals surface area contributed by atoms with Crippen LogP contribution in [0.3, 0.4) is 0 Å². The lowest BCUT2D eigenvalue weighted by atomic mass is 9.90. The molecule has 0 saturated heterocycles. The van der Waals surface area contributed by atoms with Crippen molar-refractivity contribution in [1.29, 1.82) is 0 Å². The van der Waals surface area contributed by atoms with E-state index in [4.69, 9.17) is 10.5 Å². The summed E-state index contributed by atoms with van der Waals surface area (Å²) in [6, 6.07) is 9.19. The van der Waals surface area contributed by atoms with Gasteiger partial charge in [-0.05, 0) is 37.8 Å². The maximum Gasteiger partial charge on any atom is 0.142 e. The minimum atomic E-state index is 0.400. The molecule has 1 fully saturated rings. The Morgan fingerprint density at radius 3 is 2.47 bits per heavy atom. The molecule has 17 heavy (non-hydrogen) atoms. The predicted octanol–water partition coefficient (Wildman–Crippen LogP) is 2.40. The van der Waals surface area contributed by atoms with Crippen LogP contribution in [0.4, 0.5) is 5.69 Å². The molecule has 2 rings (SSSR count). The summed E-state index contributed by atoms with van der Waals surface area (Å²) in [5.41, 5.74) is 7.13. The van der Waals surface area contributed by atoms with Crippen molar-refractivity contribution in [2.75, 3.05) is 19.1 Å². The Balaban J connectivity index is 2.10. The van der Waals surface area contributed by atoms with Crippen LogP contribution >= 0.6 is 0 Å². The van der Waals surface area contributed by atoms with Gasteiger partial charge in [0.05, 0.1) is 12.8 Å². The number of para-hydroxylation sites is 2. The number of nitrogens with zero attached hydrogens (tertiary/aromatic N) is 1. The Labute approximate surface area is 104 Å². The van der Waals surface area contributed by atoms with Crippen LogP contribution in [-0.4, -0.2) is 26.2 Å². The second-order valence-electron chi connectivity index (χ2n) is 4.85. The van der Waals surface area contributed by atoms with Crippen molar-refractivity contribution in [3.8, 4) is 5.75 Å². The van der Waals surface area contributed by atoms with Crippen molar-refractivity contribution >= 4 is 5.69 Å². The molecule has 1 aromatic carbocycles. The Hall–Kier alpha value is -1.22. The van der Waals surface area contributed by atoms with E-state index < -0.39 is 0 Å². The molecular formula is C14H22N2O. The fourth-order valence-corrected chi connectivity index (χ4v) is 2.61. The van der Waals surface area contributed by atoms with Gasteiger partial charge >= 0.3 is 0 Å². The predicted molar refractivity (Wildman–Crippen MR) is 71.6 cm³/mol. The topological polar surface area (TPSA) is 38.5 Å². The van der Waals surface area contributed by atoms with Crippen molar-refractivity contribution < 1.29 is 4.74 Å². The molecule has 1 aliphatic rings. The summed E-state index contributed by atoms with van der Waals surface area (Å²) in [4.78, 5) is 2.34. The molecule has 0 aromatic heterocycles. The number of benzene rings is 1. The summed E-state index contributed by atoms with van der Waals surface area (Å²) in [6.07, 6.45) is 4.61. The van der Waals surface area contributed by atoms with Gasteiger partial charge in [0, 0.05) is 19.1 Å². The molecule has 3 heteroatoms. The summed E-state index contributed by atoms with van der Waals surface area (Å²) >= 11 is 0. The third kappa shape index (κ3) is 2.72. The van der Waals surface area contributed by atoms with E-state index in [0.717, 1.165) is 18.6 Å². The Bertz CT molecular complexity index is 359. The number of ether oxygens (including phenoxy) is 1. The number of nitrogens with two attached hydrogens (primary N) is 1. The van der Waals surface area contributed by atoms with Crippen molar-refractivity contribution in [3.63, 3.8) is 0 Å². The smallest absolute Gasteiger partial charge is 0.142 e. The van der Waals surface area contributed by atoms with Crippen molar-refractivity contribution in [2.45, 2.75) is 37.8 Å². The van der Waals surface area contributed by atoms with Crippen LogP contribution in [0.2, 0.25) is 0 Å². The number of rotatable bonds is 3. The zero-order valence-corrected chi connectivity index (χ0v) is 10.7. The maximum atomic E-state index is 5.95. The number of hydrogen-bond donors (Lipinski definition) is 1. The Morgan fingerprint density at radius 2 is 1.82 bits per heavy atom. The molecule has 0 spiro atoms. The van der Waals surface area contributed by atoms with Gasteiger partial charge < -0.3 is 15.4 Å². The molecule has 0 unspecified atom stereocenters. The van der Waals surface area contributed by atoms with E-state index in [1.807, 2.05) is 12.1 Å². The lowest BCUT2D eigenvalue weighted by Crippen LogP contribution is -2.38. The summed E-state index contributed by atoms with van der Waals surface area (Å²) in [6.45, 7) is 0. The van der Waals surface area contributed by atoms with E-state index in [0.29, 0.717) is 12.1 Å². The van der Waals surface area contributed by atoms with Gasteiger partial charge in [-0.15, -0.1) is 0 Å². The van der Waals surface area contributed by atoms with Crippen LogP contribution in [0.15, 0.2) is 24.3 Å². The normalized spacial score (nSPS) is 24.4. The molecule has 1 aromatic rings. The highest BCUT2D eigenvalue weighted by atomic mass is 16.5. The second-order valence-corrected chi connectivity index (χ2v) is 4.85.